The van der Waals surface area contributed by atoms with Gasteiger partial charge in [-0.3, -0.25) is 4.79 Å². The molecule has 1 fully saturated rings. The van der Waals surface area contributed by atoms with E-state index in [1.807, 2.05) is 23.1 Å². The van der Waals surface area contributed by atoms with E-state index in [1.54, 1.807) is 0 Å². The van der Waals surface area contributed by atoms with E-state index in [9.17, 15) is 4.79 Å². The molecule has 24 heavy (non-hydrogen) atoms. The lowest BCUT2D eigenvalue weighted by Gasteiger charge is -2.16. The van der Waals surface area contributed by atoms with Crippen molar-refractivity contribution in [3.05, 3.63) is 41.7 Å². The monoisotopic (exact) mass is 344 g/mol. The van der Waals surface area contributed by atoms with Crippen molar-refractivity contribution in [1.29, 1.82) is 0 Å². The molecule has 1 N–H and O–H groups in total. The van der Waals surface area contributed by atoms with Crippen LogP contribution in [-0.2, 0) is 17.8 Å². The van der Waals surface area contributed by atoms with Crippen molar-refractivity contribution in [3.63, 3.8) is 0 Å². The highest BCUT2D eigenvalue weighted by molar-refractivity contribution is 7.09. The summed E-state index contributed by atoms with van der Waals surface area (Å²) in [6, 6.07) is 10.2. The van der Waals surface area contributed by atoms with E-state index in [-0.39, 0.29) is 5.91 Å². The van der Waals surface area contributed by atoms with E-state index in [0.717, 1.165) is 30.5 Å². The molecule has 0 radical (unpaired) electrons. The second kappa shape index (κ2) is 7.75. The predicted molar refractivity (Wildman–Crippen MR) is 96.9 cm³/mol. The van der Waals surface area contributed by atoms with Gasteiger partial charge in [0.25, 0.3) is 0 Å². The second-order valence-corrected chi connectivity index (χ2v) is 7.58. The number of aromatic nitrogens is 2. The van der Waals surface area contributed by atoms with Crippen LogP contribution in [0.25, 0.3) is 0 Å². The summed E-state index contributed by atoms with van der Waals surface area (Å²) < 4.78 is 4.38. The number of amides is 1. The van der Waals surface area contributed by atoms with Gasteiger partial charge in [0.05, 0.1) is 0 Å². The zero-order valence-electron chi connectivity index (χ0n) is 14.2. The quantitative estimate of drug-likeness (QED) is 0.838. The number of benzene rings is 1. The average molecular weight is 344 g/mol. The number of hydrogen-bond acceptors (Lipinski definition) is 5. The Morgan fingerprint density at radius 3 is 2.88 bits per heavy atom. The molecule has 128 valence electrons. The highest BCUT2D eigenvalue weighted by atomic mass is 32.1. The zero-order valence-corrected chi connectivity index (χ0v) is 15.1. The van der Waals surface area contributed by atoms with Crippen LogP contribution in [0.1, 0.15) is 31.7 Å². The number of likely N-dealkylation sites (tertiary alicyclic amines) is 1. The van der Waals surface area contributed by atoms with Crippen LogP contribution in [0.3, 0.4) is 0 Å². The molecule has 1 aliphatic heterocycles. The maximum atomic E-state index is 12.2. The Hall–Kier alpha value is -1.95. The van der Waals surface area contributed by atoms with E-state index in [1.165, 1.54) is 17.1 Å². The Morgan fingerprint density at radius 2 is 2.12 bits per heavy atom. The third-order valence-corrected chi connectivity index (χ3v) is 4.82. The fourth-order valence-electron chi connectivity index (χ4n) is 2.95. The lowest BCUT2D eigenvalue weighted by molar-refractivity contribution is -0.128. The van der Waals surface area contributed by atoms with Gasteiger partial charge in [0.2, 0.25) is 11.0 Å². The first-order chi connectivity index (χ1) is 11.6. The Morgan fingerprint density at radius 1 is 1.33 bits per heavy atom. The summed E-state index contributed by atoms with van der Waals surface area (Å²) in [5.74, 6) is 2.04. The van der Waals surface area contributed by atoms with Crippen LogP contribution in [0.2, 0.25) is 0 Å². The summed E-state index contributed by atoms with van der Waals surface area (Å²) in [6.45, 7) is 6.61. The van der Waals surface area contributed by atoms with Crippen molar-refractivity contribution in [2.24, 2.45) is 11.8 Å². The summed E-state index contributed by atoms with van der Waals surface area (Å²) in [5.41, 5.74) is 1.18. The first kappa shape index (κ1) is 16.9. The van der Waals surface area contributed by atoms with Gasteiger partial charge in [0.15, 0.2) is 0 Å². The third-order valence-electron chi connectivity index (χ3n) is 4.11. The zero-order chi connectivity index (χ0) is 16.9. The number of carbonyl (C=O) groups is 1. The molecule has 0 saturated carbocycles. The lowest BCUT2D eigenvalue weighted by atomic mass is 10.1. The highest BCUT2D eigenvalue weighted by Crippen LogP contribution is 2.21. The largest absolute Gasteiger partial charge is 0.360 e. The van der Waals surface area contributed by atoms with Gasteiger partial charge in [-0.25, -0.2) is 4.98 Å². The number of anilines is 1. The molecular formula is C18H24N4OS. The van der Waals surface area contributed by atoms with Crippen molar-refractivity contribution < 1.29 is 4.79 Å². The Kier molecular flexibility index (Phi) is 5.45. The fraction of sp³-hybridized carbons (Fsp3) is 0.500. The molecule has 0 unspecified atom stereocenters. The molecule has 1 aliphatic rings. The molecule has 0 aliphatic carbocycles. The molecule has 0 spiro atoms. The molecule has 2 aromatic rings. The van der Waals surface area contributed by atoms with Crippen molar-refractivity contribution in [2.45, 2.75) is 33.2 Å². The van der Waals surface area contributed by atoms with Crippen molar-refractivity contribution in [1.82, 2.24) is 14.3 Å². The molecule has 3 rings (SSSR count). The minimum atomic E-state index is 0.239. The molecule has 2 heterocycles. The minimum Gasteiger partial charge on any atom is -0.360 e. The number of nitrogens with one attached hydrogen (secondary N) is 1. The van der Waals surface area contributed by atoms with E-state index in [4.69, 9.17) is 0 Å². The Labute approximate surface area is 147 Å². The Balaban J connectivity index is 1.48. The van der Waals surface area contributed by atoms with E-state index in [0.29, 0.717) is 24.8 Å². The van der Waals surface area contributed by atoms with E-state index in [2.05, 4.69) is 40.7 Å². The van der Waals surface area contributed by atoms with Gasteiger partial charge < -0.3 is 10.2 Å². The van der Waals surface area contributed by atoms with Crippen LogP contribution in [0, 0.1) is 11.8 Å². The van der Waals surface area contributed by atoms with Gasteiger partial charge >= 0.3 is 0 Å². The number of carbonyl (C=O) groups excluding carboxylic acids is 1. The average Bonchev–Trinajstić information content (AvgIpc) is 3.13. The summed E-state index contributed by atoms with van der Waals surface area (Å²) in [4.78, 5) is 18.7. The highest BCUT2D eigenvalue weighted by Gasteiger charge is 2.29. The molecule has 1 saturated heterocycles. The molecule has 1 amide bonds. The van der Waals surface area contributed by atoms with Gasteiger partial charge in [0, 0.05) is 49.9 Å². The van der Waals surface area contributed by atoms with Gasteiger partial charge in [0.1, 0.15) is 5.82 Å². The standard InChI is InChI=1S/C18H24N4OS/c1-13(2)8-16-20-18(24-21-16)19-10-15-9-17(23)22(12-15)11-14-6-4-3-5-7-14/h3-7,13,15H,8-12H2,1-2H3,(H,19,20,21)/t15-/m1/s1. The molecule has 6 heteroatoms. The van der Waals surface area contributed by atoms with Crippen LogP contribution in [0.15, 0.2) is 30.3 Å². The first-order valence-electron chi connectivity index (χ1n) is 8.48. The summed E-state index contributed by atoms with van der Waals surface area (Å²) >= 11 is 1.41. The second-order valence-electron chi connectivity index (χ2n) is 6.82. The summed E-state index contributed by atoms with van der Waals surface area (Å²) in [6.07, 6.45) is 1.52. The number of nitrogens with zero attached hydrogens (tertiary/aromatic N) is 3. The predicted octanol–water partition coefficient (Wildman–Crippen LogP) is 3.20. The molecule has 1 atom stereocenters. The van der Waals surface area contributed by atoms with Gasteiger partial charge in [-0.1, -0.05) is 44.2 Å². The maximum absolute atomic E-state index is 12.2. The van der Waals surface area contributed by atoms with E-state index < -0.39 is 0 Å². The van der Waals surface area contributed by atoms with Crippen LogP contribution in [0.4, 0.5) is 5.13 Å². The third kappa shape index (κ3) is 4.54. The SMILES string of the molecule is CC(C)Cc1nsc(NC[C@H]2CC(=O)N(Cc3ccccc3)C2)n1. The molecule has 5 nitrogen and oxygen atoms in total. The summed E-state index contributed by atoms with van der Waals surface area (Å²) in [5, 5.41) is 4.21. The molecule has 1 aromatic carbocycles. The first-order valence-corrected chi connectivity index (χ1v) is 9.25. The molecular weight excluding hydrogens is 320 g/mol. The maximum Gasteiger partial charge on any atom is 0.223 e. The Bertz CT molecular complexity index is 671. The topological polar surface area (TPSA) is 58.1 Å². The van der Waals surface area contributed by atoms with Gasteiger partial charge in [-0.15, -0.1) is 0 Å². The van der Waals surface area contributed by atoms with Crippen LogP contribution in [0.5, 0.6) is 0 Å². The van der Waals surface area contributed by atoms with Crippen LogP contribution < -0.4 is 5.32 Å². The van der Waals surface area contributed by atoms with Crippen molar-refractivity contribution >= 4 is 22.6 Å². The van der Waals surface area contributed by atoms with Crippen molar-refractivity contribution in [3.8, 4) is 0 Å². The normalized spacial score (nSPS) is 17.7. The number of hydrogen-bond donors (Lipinski definition) is 1. The minimum absolute atomic E-state index is 0.239. The number of rotatable bonds is 7. The fourth-order valence-corrected chi connectivity index (χ4v) is 3.55. The van der Waals surface area contributed by atoms with Crippen molar-refractivity contribution in [2.75, 3.05) is 18.4 Å². The molecule has 1 aromatic heterocycles. The lowest BCUT2D eigenvalue weighted by Crippen LogP contribution is -2.25. The van der Waals surface area contributed by atoms with Crippen LogP contribution >= 0.6 is 11.5 Å². The smallest absolute Gasteiger partial charge is 0.223 e. The van der Waals surface area contributed by atoms with Gasteiger partial charge in [-0.05, 0) is 11.5 Å². The van der Waals surface area contributed by atoms with E-state index >= 15 is 0 Å². The van der Waals surface area contributed by atoms with Gasteiger partial charge in [-0.2, -0.15) is 4.37 Å². The van der Waals surface area contributed by atoms with Crippen LogP contribution in [-0.4, -0.2) is 33.3 Å². The summed E-state index contributed by atoms with van der Waals surface area (Å²) in [7, 11) is 0. The molecule has 0 bridgehead atoms.